The zero-order valence-electron chi connectivity index (χ0n) is 5.22. The smallest absolute Gasteiger partial charge is 0.0229 e. The topological polar surface area (TPSA) is 0 Å². The Morgan fingerprint density at radius 2 is 2.50 bits per heavy atom. The van der Waals surface area contributed by atoms with E-state index in [-0.39, 0.29) is 0 Å². The Kier molecular flexibility index (Phi) is 3.13. The Bertz CT molecular complexity index is 59.5. The fraction of sp³-hybridized carbons (Fsp3) is 1.00. The molecule has 0 aromatic rings. The molecule has 2 heteroatoms. The molecule has 1 saturated heterocycles. The number of hydrogen-bond donors (Lipinski definition) is 0. The SMILES string of the molecule is CCCSCC1CS1. The molecule has 0 spiro atoms. The van der Waals surface area contributed by atoms with Crippen LogP contribution in [0.5, 0.6) is 0 Å². The van der Waals surface area contributed by atoms with Crippen molar-refractivity contribution in [2.75, 3.05) is 17.3 Å². The monoisotopic (exact) mass is 148 g/mol. The van der Waals surface area contributed by atoms with E-state index < -0.39 is 0 Å². The van der Waals surface area contributed by atoms with Crippen LogP contribution in [0.1, 0.15) is 13.3 Å². The predicted octanol–water partition coefficient (Wildman–Crippen LogP) is 2.25. The van der Waals surface area contributed by atoms with Crippen molar-refractivity contribution >= 4 is 23.5 Å². The van der Waals surface area contributed by atoms with E-state index in [2.05, 4.69) is 30.4 Å². The van der Waals surface area contributed by atoms with E-state index in [1.165, 1.54) is 23.7 Å². The van der Waals surface area contributed by atoms with Gasteiger partial charge < -0.3 is 0 Å². The molecule has 1 aliphatic heterocycles. The molecule has 1 fully saturated rings. The lowest BCUT2D eigenvalue weighted by molar-refractivity contribution is 1.10. The van der Waals surface area contributed by atoms with Gasteiger partial charge in [-0.1, -0.05) is 6.92 Å². The van der Waals surface area contributed by atoms with Gasteiger partial charge in [-0.25, -0.2) is 0 Å². The summed E-state index contributed by atoms with van der Waals surface area (Å²) < 4.78 is 0. The Labute approximate surface area is 59.8 Å². The molecule has 1 aliphatic rings. The van der Waals surface area contributed by atoms with Crippen LogP contribution < -0.4 is 0 Å². The van der Waals surface area contributed by atoms with Crippen LogP contribution in [0.4, 0.5) is 0 Å². The fourth-order valence-electron chi connectivity index (χ4n) is 0.523. The van der Waals surface area contributed by atoms with Crippen LogP contribution in [0.2, 0.25) is 0 Å². The lowest BCUT2D eigenvalue weighted by Crippen LogP contribution is -1.87. The lowest BCUT2D eigenvalue weighted by Gasteiger charge is -1.92. The van der Waals surface area contributed by atoms with Gasteiger partial charge in [-0.05, 0) is 12.2 Å². The van der Waals surface area contributed by atoms with Crippen molar-refractivity contribution in [3.8, 4) is 0 Å². The van der Waals surface area contributed by atoms with E-state index in [9.17, 15) is 0 Å². The van der Waals surface area contributed by atoms with Crippen LogP contribution in [-0.4, -0.2) is 22.5 Å². The van der Waals surface area contributed by atoms with E-state index >= 15 is 0 Å². The second-order valence-corrected chi connectivity index (χ2v) is 4.51. The summed E-state index contributed by atoms with van der Waals surface area (Å²) in [7, 11) is 0. The minimum Gasteiger partial charge on any atom is -0.161 e. The van der Waals surface area contributed by atoms with E-state index in [0.29, 0.717) is 0 Å². The molecule has 1 unspecified atom stereocenters. The highest BCUT2D eigenvalue weighted by molar-refractivity contribution is 8.08. The molecular weight excluding hydrogens is 136 g/mol. The maximum atomic E-state index is 2.24. The summed E-state index contributed by atoms with van der Waals surface area (Å²) in [4.78, 5) is 0. The minimum absolute atomic E-state index is 1.03. The van der Waals surface area contributed by atoms with Gasteiger partial charge in [0.2, 0.25) is 0 Å². The van der Waals surface area contributed by atoms with Crippen LogP contribution in [0, 0.1) is 0 Å². The first-order chi connectivity index (χ1) is 3.93. The first-order valence-electron chi connectivity index (χ1n) is 3.13. The molecule has 0 aromatic carbocycles. The van der Waals surface area contributed by atoms with Crippen molar-refractivity contribution in [1.82, 2.24) is 0 Å². The van der Waals surface area contributed by atoms with Crippen LogP contribution >= 0.6 is 23.5 Å². The van der Waals surface area contributed by atoms with Crippen LogP contribution in [0.15, 0.2) is 0 Å². The normalized spacial score (nSPS) is 25.9. The Morgan fingerprint density at radius 1 is 1.75 bits per heavy atom. The summed E-state index contributed by atoms with van der Waals surface area (Å²) in [5.74, 6) is 4.19. The van der Waals surface area contributed by atoms with Gasteiger partial charge in [-0.15, -0.1) is 0 Å². The summed E-state index contributed by atoms with van der Waals surface area (Å²) in [6.45, 7) is 2.24. The molecule has 1 atom stereocenters. The summed E-state index contributed by atoms with van der Waals surface area (Å²) >= 11 is 4.20. The molecule has 0 aromatic heterocycles. The predicted molar refractivity (Wildman–Crippen MR) is 43.9 cm³/mol. The Morgan fingerprint density at radius 3 is 3.00 bits per heavy atom. The molecule has 1 heterocycles. The second-order valence-electron chi connectivity index (χ2n) is 2.03. The van der Waals surface area contributed by atoms with Gasteiger partial charge in [0.15, 0.2) is 0 Å². The van der Waals surface area contributed by atoms with Gasteiger partial charge in [0, 0.05) is 16.8 Å². The average molecular weight is 148 g/mol. The molecule has 0 amide bonds. The highest BCUT2D eigenvalue weighted by atomic mass is 32.2. The number of hydrogen-bond acceptors (Lipinski definition) is 2. The first-order valence-corrected chi connectivity index (χ1v) is 5.33. The minimum atomic E-state index is 1.03. The maximum absolute atomic E-state index is 2.24. The summed E-state index contributed by atoms with van der Waals surface area (Å²) in [5.41, 5.74) is 0. The molecular formula is C6H12S2. The standard InChI is InChI=1S/C6H12S2/c1-2-3-7-4-6-5-8-6/h6H,2-5H2,1H3. The fourth-order valence-corrected chi connectivity index (χ4v) is 2.44. The zero-order chi connectivity index (χ0) is 5.82. The van der Waals surface area contributed by atoms with E-state index in [0.717, 1.165) is 5.25 Å². The number of thioether (sulfide) groups is 2. The van der Waals surface area contributed by atoms with Gasteiger partial charge in [-0.3, -0.25) is 0 Å². The largest absolute Gasteiger partial charge is 0.161 e. The Hall–Kier alpha value is 0.700. The van der Waals surface area contributed by atoms with E-state index in [4.69, 9.17) is 0 Å². The van der Waals surface area contributed by atoms with Crippen LogP contribution in [-0.2, 0) is 0 Å². The highest BCUT2D eigenvalue weighted by Gasteiger charge is 2.21. The Balaban J connectivity index is 1.74. The molecule has 0 N–H and O–H groups in total. The van der Waals surface area contributed by atoms with E-state index in [1.807, 2.05) is 0 Å². The van der Waals surface area contributed by atoms with Crippen molar-refractivity contribution in [2.45, 2.75) is 18.6 Å². The molecule has 8 heavy (non-hydrogen) atoms. The van der Waals surface area contributed by atoms with E-state index in [1.54, 1.807) is 0 Å². The molecule has 0 bridgehead atoms. The molecule has 48 valence electrons. The van der Waals surface area contributed by atoms with Gasteiger partial charge in [0.25, 0.3) is 0 Å². The van der Waals surface area contributed by atoms with Gasteiger partial charge in [-0.2, -0.15) is 23.5 Å². The second kappa shape index (κ2) is 3.67. The van der Waals surface area contributed by atoms with Crippen LogP contribution in [0.3, 0.4) is 0 Å². The lowest BCUT2D eigenvalue weighted by atomic mass is 10.6. The van der Waals surface area contributed by atoms with Crippen LogP contribution in [0.25, 0.3) is 0 Å². The molecule has 0 radical (unpaired) electrons. The average Bonchev–Trinajstić information content (AvgIpc) is 2.51. The zero-order valence-corrected chi connectivity index (χ0v) is 6.86. The van der Waals surface area contributed by atoms with Gasteiger partial charge in [0.05, 0.1) is 0 Å². The van der Waals surface area contributed by atoms with Crippen molar-refractivity contribution < 1.29 is 0 Å². The highest BCUT2D eigenvalue weighted by Crippen LogP contribution is 2.32. The van der Waals surface area contributed by atoms with Crippen molar-refractivity contribution in [3.05, 3.63) is 0 Å². The third kappa shape index (κ3) is 2.88. The summed E-state index contributed by atoms with van der Waals surface area (Å²) in [6.07, 6.45) is 1.34. The molecule has 1 rings (SSSR count). The maximum Gasteiger partial charge on any atom is 0.0229 e. The van der Waals surface area contributed by atoms with Gasteiger partial charge in [0.1, 0.15) is 0 Å². The molecule has 0 aliphatic carbocycles. The third-order valence-electron chi connectivity index (χ3n) is 1.05. The van der Waals surface area contributed by atoms with Crippen molar-refractivity contribution in [3.63, 3.8) is 0 Å². The first kappa shape index (κ1) is 6.81. The van der Waals surface area contributed by atoms with Crippen molar-refractivity contribution in [2.24, 2.45) is 0 Å². The number of rotatable bonds is 4. The quantitative estimate of drug-likeness (QED) is 0.443. The molecule has 0 saturated carbocycles. The summed E-state index contributed by atoms with van der Waals surface area (Å²) in [5, 5.41) is 1.03. The van der Waals surface area contributed by atoms with Gasteiger partial charge >= 0.3 is 0 Å². The third-order valence-corrected chi connectivity index (χ3v) is 3.57. The summed E-state index contributed by atoms with van der Waals surface area (Å²) in [6, 6.07) is 0. The molecule has 0 nitrogen and oxygen atoms in total. The van der Waals surface area contributed by atoms with Crippen molar-refractivity contribution in [1.29, 1.82) is 0 Å².